The quantitative estimate of drug-likeness (QED) is 0.856. The monoisotopic (exact) mass is 338 g/mol. The summed E-state index contributed by atoms with van der Waals surface area (Å²) in [6, 6.07) is 9.61. The van der Waals surface area contributed by atoms with Crippen LogP contribution < -0.4 is 5.56 Å². The van der Waals surface area contributed by atoms with E-state index >= 15 is 0 Å². The Morgan fingerprint density at radius 2 is 1.94 bits per heavy atom. The van der Waals surface area contributed by atoms with E-state index in [1.807, 2.05) is 24.3 Å². The van der Waals surface area contributed by atoms with E-state index in [9.17, 15) is 4.79 Å². The fourth-order valence-corrected chi connectivity index (χ4v) is 2.15. The van der Waals surface area contributed by atoms with E-state index in [-0.39, 0.29) is 5.56 Å². The largest absolute Gasteiger partial charge is 0.310 e. The van der Waals surface area contributed by atoms with Crippen molar-refractivity contribution in [3.05, 3.63) is 50.1 Å². The predicted octanol–water partition coefficient (Wildman–Crippen LogP) is 2.92. The van der Waals surface area contributed by atoms with Gasteiger partial charge in [-0.25, -0.2) is 4.98 Å². The van der Waals surface area contributed by atoms with E-state index in [2.05, 4.69) is 32.6 Å². The number of hydrogen-bond acceptors (Lipinski definition) is 2. The summed E-state index contributed by atoms with van der Waals surface area (Å²) in [6.45, 7) is 0. The maximum atomic E-state index is 11.6. The van der Waals surface area contributed by atoms with Gasteiger partial charge >= 0.3 is 0 Å². The Labute approximate surface area is 112 Å². The van der Waals surface area contributed by atoms with Crippen LogP contribution in [0.5, 0.6) is 0 Å². The molecule has 0 aliphatic heterocycles. The van der Waals surface area contributed by atoms with Crippen LogP contribution in [-0.4, -0.2) is 9.97 Å². The van der Waals surface area contributed by atoms with Crippen molar-refractivity contribution in [1.29, 1.82) is 0 Å². The van der Waals surface area contributed by atoms with Crippen molar-refractivity contribution in [2.45, 2.75) is 18.8 Å². The Bertz CT molecular complexity index is 600. The lowest BCUT2D eigenvalue weighted by molar-refractivity contribution is 0.912. The second kappa shape index (κ2) is 4.25. The zero-order valence-electron chi connectivity index (χ0n) is 9.11. The van der Waals surface area contributed by atoms with Gasteiger partial charge in [0.2, 0.25) is 0 Å². The Morgan fingerprint density at radius 1 is 1.24 bits per heavy atom. The number of halogens is 1. The van der Waals surface area contributed by atoms with Gasteiger partial charge in [0.05, 0.1) is 5.69 Å². The summed E-state index contributed by atoms with van der Waals surface area (Å²) < 4.78 is 1.18. The highest BCUT2D eigenvalue weighted by Gasteiger charge is 2.26. The molecule has 1 aliphatic carbocycles. The van der Waals surface area contributed by atoms with Gasteiger partial charge in [0.1, 0.15) is 5.82 Å². The Morgan fingerprint density at radius 3 is 2.59 bits per heavy atom. The molecule has 17 heavy (non-hydrogen) atoms. The Kier molecular flexibility index (Phi) is 2.74. The van der Waals surface area contributed by atoms with Gasteiger partial charge in [-0.1, -0.05) is 12.1 Å². The zero-order valence-corrected chi connectivity index (χ0v) is 11.3. The van der Waals surface area contributed by atoms with Crippen LogP contribution in [0.1, 0.15) is 24.6 Å². The van der Waals surface area contributed by atoms with E-state index in [0.717, 1.165) is 29.9 Å². The first-order chi connectivity index (χ1) is 8.22. The lowest BCUT2D eigenvalue weighted by Crippen LogP contribution is -2.10. The van der Waals surface area contributed by atoms with Crippen LogP contribution in [0, 0.1) is 3.57 Å². The van der Waals surface area contributed by atoms with Crippen molar-refractivity contribution in [3.8, 4) is 11.3 Å². The molecular weight excluding hydrogens is 327 g/mol. The van der Waals surface area contributed by atoms with Crippen molar-refractivity contribution in [2.24, 2.45) is 0 Å². The first kappa shape index (κ1) is 11.0. The molecule has 0 unspecified atom stereocenters. The number of rotatable bonds is 2. The smallest absolute Gasteiger partial charge is 0.251 e. The van der Waals surface area contributed by atoms with Gasteiger partial charge in [0.25, 0.3) is 5.56 Å². The van der Waals surface area contributed by atoms with Crippen molar-refractivity contribution < 1.29 is 0 Å². The minimum absolute atomic E-state index is 0.0598. The first-order valence-corrected chi connectivity index (χ1v) is 6.67. The van der Waals surface area contributed by atoms with Crippen LogP contribution in [0.2, 0.25) is 0 Å². The normalized spacial score (nSPS) is 14.9. The SMILES string of the molecule is O=c1cc(-c2ccc(I)cc2)nc(C2CC2)[nH]1. The molecule has 1 aromatic heterocycles. The van der Waals surface area contributed by atoms with Crippen LogP contribution in [0.25, 0.3) is 11.3 Å². The molecule has 1 N–H and O–H groups in total. The van der Waals surface area contributed by atoms with Gasteiger partial charge in [-0.3, -0.25) is 4.79 Å². The highest BCUT2D eigenvalue weighted by molar-refractivity contribution is 14.1. The maximum Gasteiger partial charge on any atom is 0.251 e. The summed E-state index contributed by atoms with van der Waals surface area (Å²) in [5.41, 5.74) is 1.71. The van der Waals surface area contributed by atoms with Gasteiger partial charge in [-0.2, -0.15) is 0 Å². The van der Waals surface area contributed by atoms with Gasteiger partial charge in [0, 0.05) is 21.1 Å². The standard InChI is InChI=1S/C13H11IN2O/c14-10-5-3-8(4-6-10)11-7-12(17)16-13(15-11)9-1-2-9/h3-7,9H,1-2H2,(H,15,16,17). The number of nitrogens with one attached hydrogen (secondary N) is 1. The van der Waals surface area contributed by atoms with Crippen LogP contribution in [0.3, 0.4) is 0 Å². The molecule has 86 valence electrons. The van der Waals surface area contributed by atoms with Gasteiger partial charge in [0.15, 0.2) is 0 Å². The zero-order chi connectivity index (χ0) is 11.8. The van der Waals surface area contributed by atoms with Gasteiger partial charge in [-0.15, -0.1) is 0 Å². The topological polar surface area (TPSA) is 45.8 Å². The summed E-state index contributed by atoms with van der Waals surface area (Å²) >= 11 is 2.26. The van der Waals surface area contributed by atoms with Crippen molar-refractivity contribution >= 4 is 22.6 Å². The van der Waals surface area contributed by atoms with E-state index in [1.54, 1.807) is 6.07 Å². The Balaban J connectivity index is 2.07. The molecule has 1 heterocycles. The molecule has 0 saturated heterocycles. The molecular formula is C13H11IN2O. The molecule has 1 saturated carbocycles. The Hall–Kier alpha value is -1.17. The summed E-state index contributed by atoms with van der Waals surface area (Å²) in [5.74, 6) is 1.30. The molecule has 1 fully saturated rings. The third-order valence-corrected chi connectivity index (χ3v) is 3.58. The van der Waals surface area contributed by atoms with Crippen molar-refractivity contribution in [2.75, 3.05) is 0 Å². The summed E-state index contributed by atoms with van der Waals surface area (Å²) in [5, 5.41) is 0. The highest BCUT2D eigenvalue weighted by Crippen LogP contribution is 2.37. The average molecular weight is 338 g/mol. The lowest BCUT2D eigenvalue weighted by atomic mass is 10.1. The van der Waals surface area contributed by atoms with Crippen LogP contribution in [0.4, 0.5) is 0 Å². The molecule has 0 atom stereocenters. The molecule has 0 bridgehead atoms. The first-order valence-electron chi connectivity index (χ1n) is 5.59. The van der Waals surface area contributed by atoms with Crippen LogP contribution in [0.15, 0.2) is 35.1 Å². The fraction of sp³-hybridized carbons (Fsp3) is 0.231. The molecule has 3 nitrogen and oxygen atoms in total. The van der Waals surface area contributed by atoms with Crippen molar-refractivity contribution in [1.82, 2.24) is 9.97 Å². The number of aromatic amines is 1. The highest BCUT2D eigenvalue weighted by atomic mass is 127. The second-order valence-corrected chi connectivity index (χ2v) is 5.54. The molecule has 1 aliphatic rings. The number of hydrogen-bond donors (Lipinski definition) is 1. The number of nitrogens with zero attached hydrogens (tertiary/aromatic N) is 1. The predicted molar refractivity (Wildman–Crippen MR) is 75.0 cm³/mol. The number of aromatic nitrogens is 2. The molecule has 1 aromatic carbocycles. The van der Waals surface area contributed by atoms with Gasteiger partial charge in [-0.05, 0) is 47.6 Å². The van der Waals surface area contributed by atoms with E-state index < -0.39 is 0 Å². The van der Waals surface area contributed by atoms with E-state index in [1.165, 1.54) is 3.57 Å². The molecule has 4 heteroatoms. The molecule has 0 spiro atoms. The molecule has 2 aromatic rings. The third kappa shape index (κ3) is 2.41. The van der Waals surface area contributed by atoms with Gasteiger partial charge < -0.3 is 4.98 Å². The third-order valence-electron chi connectivity index (χ3n) is 2.86. The molecule has 0 amide bonds. The second-order valence-electron chi connectivity index (χ2n) is 4.30. The average Bonchev–Trinajstić information content (AvgIpc) is 3.13. The molecule has 3 rings (SSSR count). The summed E-state index contributed by atoms with van der Waals surface area (Å²) in [4.78, 5) is 18.9. The van der Waals surface area contributed by atoms with Crippen molar-refractivity contribution in [3.63, 3.8) is 0 Å². The van der Waals surface area contributed by atoms with Crippen LogP contribution >= 0.6 is 22.6 Å². The van der Waals surface area contributed by atoms with E-state index in [4.69, 9.17) is 0 Å². The lowest BCUT2D eigenvalue weighted by Gasteiger charge is -2.03. The fourth-order valence-electron chi connectivity index (χ4n) is 1.80. The summed E-state index contributed by atoms with van der Waals surface area (Å²) in [6.07, 6.45) is 2.28. The number of H-pyrrole nitrogens is 1. The minimum atomic E-state index is -0.0598. The molecule has 0 radical (unpaired) electrons. The van der Waals surface area contributed by atoms with E-state index in [0.29, 0.717) is 5.92 Å². The minimum Gasteiger partial charge on any atom is -0.310 e. The summed E-state index contributed by atoms with van der Waals surface area (Å²) in [7, 11) is 0. The maximum absolute atomic E-state index is 11.6. The van der Waals surface area contributed by atoms with Crippen LogP contribution in [-0.2, 0) is 0 Å². The number of benzene rings is 1.